The van der Waals surface area contributed by atoms with Crippen molar-refractivity contribution >= 4 is 26.6 Å². The van der Waals surface area contributed by atoms with Crippen LogP contribution >= 0.6 is 0 Å². The van der Waals surface area contributed by atoms with Crippen LogP contribution in [0.4, 0.5) is 0 Å². The molecule has 1 aliphatic heterocycles. The smallest absolute Gasteiger partial charge is 0.260 e. The van der Waals surface area contributed by atoms with Crippen LogP contribution in [0.2, 0.25) is 0 Å². The summed E-state index contributed by atoms with van der Waals surface area (Å²) in [6, 6.07) is 14.2. The van der Waals surface area contributed by atoms with Crippen LogP contribution in [0.5, 0.6) is 5.75 Å². The first kappa shape index (κ1) is 21.3. The van der Waals surface area contributed by atoms with E-state index in [0.29, 0.717) is 32.1 Å². The molecule has 0 unspecified atom stereocenters. The molecule has 1 aliphatic rings. The second-order valence-electron chi connectivity index (χ2n) is 7.58. The lowest BCUT2D eigenvalue weighted by Crippen LogP contribution is -2.42. The average Bonchev–Trinajstić information content (AvgIpc) is 2.77. The molecule has 7 nitrogen and oxygen atoms in total. The maximum atomic E-state index is 12.3. The van der Waals surface area contributed by atoms with Gasteiger partial charge in [0.1, 0.15) is 5.75 Å². The van der Waals surface area contributed by atoms with Crippen molar-refractivity contribution in [3.63, 3.8) is 0 Å². The van der Waals surface area contributed by atoms with Crippen molar-refractivity contribution in [2.45, 2.75) is 11.8 Å². The number of sulfone groups is 1. The molecule has 31 heavy (non-hydrogen) atoms. The van der Waals surface area contributed by atoms with Crippen LogP contribution in [-0.4, -0.2) is 63.4 Å². The van der Waals surface area contributed by atoms with Crippen LogP contribution < -0.4 is 4.74 Å². The van der Waals surface area contributed by atoms with Crippen molar-refractivity contribution < 1.29 is 22.7 Å². The number of hydrogen-bond acceptors (Lipinski definition) is 6. The number of fused-ring (bicyclic) bond motifs is 1. The summed E-state index contributed by atoms with van der Waals surface area (Å²) in [5.74, 6) is 0.565. The predicted molar refractivity (Wildman–Crippen MR) is 118 cm³/mol. The number of pyridine rings is 1. The number of rotatable bonds is 5. The van der Waals surface area contributed by atoms with E-state index in [1.807, 2.05) is 25.1 Å². The van der Waals surface area contributed by atoms with Gasteiger partial charge >= 0.3 is 0 Å². The van der Waals surface area contributed by atoms with E-state index in [0.717, 1.165) is 27.7 Å². The van der Waals surface area contributed by atoms with E-state index < -0.39 is 9.84 Å². The largest absolute Gasteiger partial charge is 0.484 e. The molecule has 0 aliphatic carbocycles. The van der Waals surface area contributed by atoms with Crippen molar-refractivity contribution in [3.05, 3.63) is 54.1 Å². The molecule has 162 valence electrons. The molecule has 0 bridgehead atoms. The summed E-state index contributed by atoms with van der Waals surface area (Å²) < 4.78 is 34.3. The fourth-order valence-electron chi connectivity index (χ4n) is 3.53. The Bertz CT molecular complexity index is 1220. The highest BCUT2D eigenvalue weighted by atomic mass is 32.2. The Morgan fingerprint density at radius 3 is 2.48 bits per heavy atom. The monoisotopic (exact) mass is 440 g/mol. The third-order valence-electron chi connectivity index (χ3n) is 5.29. The van der Waals surface area contributed by atoms with Gasteiger partial charge in [-0.05, 0) is 48.9 Å². The topological polar surface area (TPSA) is 85.8 Å². The number of aromatic nitrogens is 1. The number of nitrogens with zero attached hydrogens (tertiary/aromatic N) is 2. The van der Waals surface area contributed by atoms with Gasteiger partial charge in [0.2, 0.25) is 0 Å². The SMILES string of the molecule is Cc1cc(-c2ccc(S(C)(=O)=O)cc2)nc2ccc(OCC(=O)N3CCOCC3)cc12. The van der Waals surface area contributed by atoms with Crippen LogP contribution in [0.1, 0.15) is 5.56 Å². The van der Waals surface area contributed by atoms with E-state index in [1.54, 1.807) is 35.2 Å². The van der Waals surface area contributed by atoms with E-state index in [-0.39, 0.29) is 17.4 Å². The lowest BCUT2D eigenvalue weighted by atomic mass is 10.0. The number of carbonyl (C=O) groups is 1. The number of carbonyl (C=O) groups excluding carboxylic acids is 1. The molecular formula is C23H24N2O5S. The first-order valence-corrected chi connectivity index (χ1v) is 11.9. The summed E-state index contributed by atoms with van der Waals surface area (Å²) in [4.78, 5) is 19.0. The van der Waals surface area contributed by atoms with Gasteiger partial charge in [-0.1, -0.05) is 12.1 Å². The van der Waals surface area contributed by atoms with Gasteiger partial charge in [0.15, 0.2) is 16.4 Å². The number of amides is 1. The normalized spacial score (nSPS) is 14.6. The molecule has 4 rings (SSSR count). The zero-order valence-corrected chi connectivity index (χ0v) is 18.3. The molecule has 1 fully saturated rings. The van der Waals surface area contributed by atoms with Crippen LogP contribution in [0.15, 0.2) is 53.4 Å². The summed E-state index contributed by atoms with van der Waals surface area (Å²) in [6.07, 6.45) is 1.19. The van der Waals surface area contributed by atoms with Crippen molar-refractivity contribution in [2.75, 3.05) is 39.2 Å². The molecule has 0 spiro atoms. The Kier molecular flexibility index (Phi) is 5.93. The minimum absolute atomic E-state index is 0.0112. The molecule has 2 aromatic carbocycles. The molecule has 1 aromatic heterocycles. The highest BCUT2D eigenvalue weighted by Crippen LogP contribution is 2.28. The first-order valence-electron chi connectivity index (χ1n) is 10.0. The molecule has 0 saturated carbocycles. The highest BCUT2D eigenvalue weighted by Gasteiger charge is 2.17. The lowest BCUT2D eigenvalue weighted by Gasteiger charge is -2.26. The fraction of sp³-hybridized carbons (Fsp3) is 0.304. The maximum Gasteiger partial charge on any atom is 0.260 e. The second kappa shape index (κ2) is 8.64. The summed E-state index contributed by atoms with van der Waals surface area (Å²) >= 11 is 0. The number of aryl methyl sites for hydroxylation is 1. The van der Waals surface area contributed by atoms with Gasteiger partial charge in [0.25, 0.3) is 5.91 Å². The molecular weight excluding hydrogens is 416 g/mol. The summed E-state index contributed by atoms with van der Waals surface area (Å²) in [6.45, 7) is 4.29. The number of ether oxygens (including phenoxy) is 2. The van der Waals surface area contributed by atoms with E-state index in [4.69, 9.17) is 14.5 Å². The van der Waals surface area contributed by atoms with Crippen molar-refractivity contribution in [3.8, 4) is 17.0 Å². The number of benzene rings is 2. The van der Waals surface area contributed by atoms with Gasteiger partial charge in [-0.25, -0.2) is 13.4 Å². The van der Waals surface area contributed by atoms with Crippen LogP contribution in [0.3, 0.4) is 0 Å². The van der Waals surface area contributed by atoms with Gasteiger partial charge < -0.3 is 14.4 Å². The average molecular weight is 441 g/mol. The molecule has 0 N–H and O–H groups in total. The zero-order valence-electron chi connectivity index (χ0n) is 17.5. The molecule has 2 heterocycles. The van der Waals surface area contributed by atoms with E-state index in [2.05, 4.69) is 0 Å². The van der Waals surface area contributed by atoms with Crippen LogP contribution in [0.25, 0.3) is 22.2 Å². The maximum absolute atomic E-state index is 12.3. The second-order valence-corrected chi connectivity index (χ2v) is 9.60. The molecule has 0 radical (unpaired) electrons. The summed E-state index contributed by atoms with van der Waals surface area (Å²) in [7, 11) is -3.24. The highest BCUT2D eigenvalue weighted by molar-refractivity contribution is 7.90. The van der Waals surface area contributed by atoms with Gasteiger partial charge in [-0.2, -0.15) is 0 Å². The van der Waals surface area contributed by atoms with Gasteiger partial charge in [-0.3, -0.25) is 4.79 Å². The van der Waals surface area contributed by atoms with E-state index in [1.165, 1.54) is 6.26 Å². The summed E-state index contributed by atoms with van der Waals surface area (Å²) in [5, 5.41) is 0.938. The van der Waals surface area contributed by atoms with Crippen LogP contribution in [0, 0.1) is 6.92 Å². The third-order valence-corrected chi connectivity index (χ3v) is 6.42. The Labute approximate surface area is 181 Å². The Morgan fingerprint density at radius 2 is 1.81 bits per heavy atom. The molecule has 8 heteroatoms. The van der Waals surface area contributed by atoms with Crippen molar-refractivity contribution in [1.29, 1.82) is 0 Å². The van der Waals surface area contributed by atoms with Crippen LogP contribution in [-0.2, 0) is 19.4 Å². The zero-order chi connectivity index (χ0) is 22.0. The quantitative estimate of drug-likeness (QED) is 0.607. The number of hydrogen-bond donors (Lipinski definition) is 0. The number of morpholine rings is 1. The van der Waals surface area contributed by atoms with Gasteiger partial charge in [0.05, 0.1) is 29.3 Å². The van der Waals surface area contributed by atoms with Gasteiger partial charge in [-0.15, -0.1) is 0 Å². The molecule has 1 amide bonds. The fourth-order valence-corrected chi connectivity index (χ4v) is 4.16. The standard InChI is InChI=1S/C23H24N2O5S/c1-16-13-22(17-3-6-19(7-4-17)31(2,27)28)24-21-8-5-18(14-20(16)21)30-15-23(26)25-9-11-29-12-10-25/h3-8,13-14H,9-12,15H2,1-2H3. The Balaban J connectivity index is 1.53. The Morgan fingerprint density at radius 1 is 1.10 bits per heavy atom. The summed E-state index contributed by atoms with van der Waals surface area (Å²) in [5.41, 5.74) is 3.42. The Hall–Kier alpha value is -2.97. The lowest BCUT2D eigenvalue weighted by molar-refractivity contribution is -0.137. The van der Waals surface area contributed by atoms with Crippen molar-refractivity contribution in [1.82, 2.24) is 9.88 Å². The first-order chi connectivity index (χ1) is 14.8. The minimum Gasteiger partial charge on any atom is -0.484 e. The molecule has 1 saturated heterocycles. The van der Waals surface area contributed by atoms with Crippen molar-refractivity contribution in [2.24, 2.45) is 0 Å². The van der Waals surface area contributed by atoms with Gasteiger partial charge in [0, 0.05) is 30.3 Å². The minimum atomic E-state index is -3.24. The predicted octanol–water partition coefficient (Wildman–Crippen LogP) is 2.85. The van der Waals surface area contributed by atoms with E-state index in [9.17, 15) is 13.2 Å². The molecule has 0 atom stereocenters. The molecule has 3 aromatic rings. The van der Waals surface area contributed by atoms with E-state index >= 15 is 0 Å². The third kappa shape index (κ3) is 4.86.